The normalized spacial score (nSPS) is 18.6. The van der Waals surface area contributed by atoms with Crippen molar-refractivity contribution in [2.45, 2.75) is 19.6 Å². The van der Waals surface area contributed by atoms with Crippen LogP contribution < -0.4 is 5.32 Å². The summed E-state index contributed by atoms with van der Waals surface area (Å²) in [5.74, 6) is 0. The topological polar surface area (TPSA) is 63.7 Å². The highest BCUT2D eigenvalue weighted by Crippen LogP contribution is 2.03. The summed E-state index contributed by atoms with van der Waals surface area (Å²) in [6, 6.07) is 5.62. The number of nitrogens with one attached hydrogen (secondary N) is 1. The van der Waals surface area contributed by atoms with E-state index in [9.17, 15) is 4.79 Å². The van der Waals surface area contributed by atoms with E-state index < -0.39 is 0 Å². The van der Waals surface area contributed by atoms with Crippen LogP contribution in [0.1, 0.15) is 11.4 Å². The van der Waals surface area contributed by atoms with E-state index in [2.05, 4.69) is 10.3 Å². The fourth-order valence-electron chi connectivity index (χ4n) is 2.03. The van der Waals surface area contributed by atoms with Crippen LogP contribution in [0.4, 0.5) is 4.79 Å². The van der Waals surface area contributed by atoms with Gasteiger partial charge in [0.1, 0.15) is 0 Å². The van der Waals surface area contributed by atoms with Gasteiger partial charge in [0.2, 0.25) is 0 Å². The van der Waals surface area contributed by atoms with Gasteiger partial charge in [-0.2, -0.15) is 0 Å². The molecule has 0 aromatic carbocycles. The highest BCUT2D eigenvalue weighted by molar-refractivity contribution is 5.73. The molecule has 2 rings (SSSR count). The van der Waals surface area contributed by atoms with Gasteiger partial charge in [-0.3, -0.25) is 4.98 Å². The Morgan fingerprint density at radius 2 is 2.35 bits per heavy atom. The van der Waals surface area contributed by atoms with Crippen LogP contribution in [0, 0.1) is 6.92 Å². The quantitative estimate of drug-likeness (QED) is 0.891. The number of aromatic nitrogens is 1. The summed E-state index contributed by atoms with van der Waals surface area (Å²) in [6.07, 6.45) is -0.0448. The van der Waals surface area contributed by atoms with Gasteiger partial charge in [0.15, 0.2) is 0 Å². The largest absolute Gasteiger partial charge is 0.376 e. The number of nitrogens with zero attached hydrogens (tertiary/aromatic N) is 2. The standard InChI is InChI=1S/C14H21N3O3/c1-11-4-3-5-12(16-11)8-15-14(18)17(2)9-13-10-19-6-7-20-13/h3-5,13H,6-10H2,1-2H3,(H,15,18). The van der Waals surface area contributed by atoms with Gasteiger partial charge in [-0.05, 0) is 19.1 Å². The average Bonchev–Trinajstić information content (AvgIpc) is 2.46. The minimum absolute atomic E-state index is 0.0448. The van der Waals surface area contributed by atoms with Crippen LogP contribution in [-0.4, -0.2) is 55.4 Å². The Hall–Kier alpha value is -1.66. The van der Waals surface area contributed by atoms with E-state index in [-0.39, 0.29) is 12.1 Å². The zero-order valence-corrected chi connectivity index (χ0v) is 12.0. The van der Waals surface area contributed by atoms with Gasteiger partial charge in [0.25, 0.3) is 0 Å². The van der Waals surface area contributed by atoms with Gasteiger partial charge < -0.3 is 19.7 Å². The molecule has 6 heteroatoms. The Bertz CT molecular complexity index is 447. The Morgan fingerprint density at radius 3 is 3.05 bits per heavy atom. The lowest BCUT2D eigenvalue weighted by Gasteiger charge is -2.27. The maximum atomic E-state index is 12.0. The smallest absolute Gasteiger partial charge is 0.317 e. The van der Waals surface area contributed by atoms with Crippen molar-refractivity contribution in [1.29, 1.82) is 0 Å². The predicted molar refractivity (Wildman–Crippen MR) is 74.4 cm³/mol. The number of pyridine rings is 1. The second kappa shape index (κ2) is 7.21. The van der Waals surface area contributed by atoms with E-state index >= 15 is 0 Å². The number of hydrogen-bond donors (Lipinski definition) is 1. The van der Waals surface area contributed by atoms with Crippen molar-refractivity contribution in [2.24, 2.45) is 0 Å². The Kier molecular flexibility index (Phi) is 5.31. The van der Waals surface area contributed by atoms with E-state index in [1.165, 1.54) is 0 Å². The molecule has 0 aliphatic carbocycles. The number of hydrogen-bond acceptors (Lipinski definition) is 4. The zero-order chi connectivity index (χ0) is 14.4. The number of amides is 2. The van der Waals surface area contributed by atoms with E-state index in [4.69, 9.17) is 9.47 Å². The SMILES string of the molecule is Cc1cccc(CNC(=O)N(C)CC2COCCO2)n1. The summed E-state index contributed by atoms with van der Waals surface area (Å²) in [4.78, 5) is 17.9. The molecule has 1 fully saturated rings. The van der Waals surface area contributed by atoms with Crippen molar-refractivity contribution in [2.75, 3.05) is 33.4 Å². The van der Waals surface area contributed by atoms with Crippen molar-refractivity contribution in [1.82, 2.24) is 15.2 Å². The molecule has 1 aliphatic heterocycles. The summed E-state index contributed by atoms with van der Waals surface area (Å²) in [5.41, 5.74) is 1.79. The summed E-state index contributed by atoms with van der Waals surface area (Å²) >= 11 is 0. The Balaban J connectivity index is 1.76. The number of urea groups is 1. The molecule has 0 saturated carbocycles. The first kappa shape index (κ1) is 14.7. The molecule has 0 bridgehead atoms. The fraction of sp³-hybridized carbons (Fsp3) is 0.571. The first-order valence-corrected chi connectivity index (χ1v) is 6.76. The van der Waals surface area contributed by atoms with Crippen molar-refractivity contribution in [3.05, 3.63) is 29.6 Å². The summed E-state index contributed by atoms with van der Waals surface area (Å²) in [5, 5.41) is 2.84. The molecular formula is C14H21N3O3. The van der Waals surface area contributed by atoms with Gasteiger partial charge in [-0.15, -0.1) is 0 Å². The number of ether oxygens (including phenoxy) is 2. The van der Waals surface area contributed by atoms with Gasteiger partial charge in [-0.25, -0.2) is 4.79 Å². The highest BCUT2D eigenvalue weighted by atomic mass is 16.6. The molecule has 1 saturated heterocycles. The third kappa shape index (κ3) is 4.47. The molecule has 2 amide bonds. The first-order valence-electron chi connectivity index (χ1n) is 6.76. The molecule has 0 spiro atoms. The molecule has 110 valence electrons. The molecule has 1 atom stereocenters. The van der Waals surface area contributed by atoms with Crippen molar-refractivity contribution in [3.63, 3.8) is 0 Å². The van der Waals surface area contributed by atoms with Crippen LogP contribution >= 0.6 is 0 Å². The molecule has 1 unspecified atom stereocenters. The van der Waals surface area contributed by atoms with E-state index in [1.807, 2.05) is 25.1 Å². The van der Waals surface area contributed by atoms with Crippen LogP contribution in [0.5, 0.6) is 0 Å². The summed E-state index contributed by atoms with van der Waals surface area (Å²) < 4.78 is 10.8. The summed E-state index contributed by atoms with van der Waals surface area (Å²) in [7, 11) is 1.75. The van der Waals surface area contributed by atoms with E-state index in [1.54, 1.807) is 11.9 Å². The van der Waals surface area contributed by atoms with E-state index in [0.29, 0.717) is 32.9 Å². The van der Waals surface area contributed by atoms with Gasteiger partial charge in [0.05, 0.1) is 44.7 Å². The Morgan fingerprint density at radius 1 is 1.50 bits per heavy atom. The second-order valence-corrected chi connectivity index (χ2v) is 4.88. The maximum Gasteiger partial charge on any atom is 0.317 e. The third-order valence-electron chi connectivity index (χ3n) is 3.08. The predicted octanol–water partition coefficient (Wildman–Crippen LogP) is 0.947. The molecule has 20 heavy (non-hydrogen) atoms. The van der Waals surface area contributed by atoms with Crippen molar-refractivity contribution >= 4 is 6.03 Å². The van der Waals surface area contributed by atoms with Crippen LogP contribution in [0.25, 0.3) is 0 Å². The lowest BCUT2D eigenvalue weighted by molar-refractivity contribution is -0.0928. The van der Waals surface area contributed by atoms with Crippen molar-refractivity contribution < 1.29 is 14.3 Å². The lowest BCUT2D eigenvalue weighted by atomic mass is 10.3. The number of carbonyl (C=O) groups excluding carboxylic acids is 1. The molecule has 1 aliphatic rings. The second-order valence-electron chi connectivity index (χ2n) is 4.88. The maximum absolute atomic E-state index is 12.0. The molecule has 1 N–H and O–H groups in total. The Labute approximate surface area is 119 Å². The fourth-order valence-corrected chi connectivity index (χ4v) is 2.03. The van der Waals surface area contributed by atoms with Gasteiger partial charge in [0, 0.05) is 12.7 Å². The molecular weight excluding hydrogens is 258 g/mol. The van der Waals surface area contributed by atoms with Crippen LogP contribution in [0.2, 0.25) is 0 Å². The van der Waals surface area contributed by atoms with Crippen LogP contribution in [0.15, 0.2) is 18.2 Å². The first-order chi connectivity index (χ1) is 9.65. The average molecular weight is 279 g/mol. The monoisotopic (exact) mass is 279 g/mol. The van der Waals surface area contributed by atoms with Crippen LogP contribution in [0.3, 0.4) is 0 Å². The number of rotatable bonds is 4. The summed E-state index contributed by atoms with van der Waals surface area (Å²) in [6.45, 7) is 4.63. The molecule has 1 aromatic rings. The number of likely N-dealkylation sites (N-methyl/N-ethyl adjacent to an activating group) is 1. The minimum atomic E-state index is -0.137. The van der Waals surface area contributed by atoms with Gasteiger partial charge >= 0.3 is 6.03 Å². The highest BCUT2D eigenvalue weighted by Gasteiger charge is 2.19. The third-order valence-corrected chi connectivity index (χ3v) is 3.08. The number of aryl methyl sites for hydroxylation is 1. The van der Waals surface area contributed by atoms with Gasteiger partial charge in [-0.1, -0.05) is 6.07 Å². The molecule has 2 heterocycles. The molecule has 1 aromatic heterocycles. The minimum Gasteiger partial charge on any atom is -0.376 e. The van der Waals surface area contributed by atoms with E-state index in [0.717, 1.165) is 11.4 Å². The van der Waals surface area contributed by atoms with Crippen molar-refractivity contribution in [3.8, 4) is 0 Å². The van der Waals surface area contributed by atoms with Crippen LogP contribution in [-0.2, 0) is 16.0 Å². The zero-order valence-electron chi connectivity index (χ0n) is 12.0. The molecule has 0 radical (unpaired) electrons. The number of carbonyl (C=O) groups is 1. The molecule has 6 nitrogen and oxygen atoms in total. The lowest BCUT2D eigenvalue weighted by Crippen LogP contribution is -2.44.